The number of rotatable bonds is 3. The van der Waals surface area contributed by atoms with E-state index < -0.39 is 61.4 Å². The Kier molecular flexibility index (Phi) is 7.86. The minimum atomic E-state index is -1.51. The largest absolute Gasteiger partial charge is 0.394 e. The minimum Gasteiger partial charge on any atom is -0.394 e. The average Bonchev–Trinajstić information content (AvgIpc) is 3.38. The fourth-order valence-corrected chi connectivity index (χ4v) is 11.8. The molecule has 10 nitrogen and oxygen atoms in total. The quantitative estimate of drug-likeness (QED) is 0.259. The van der Waals surface area contributed by atoms with Gasteiger partial charge in [0.1, 0.15) is 24.4 Å². The summed E-state index contributed by atoms with van der Waals surface area (Å²) in [4.78, 5) is 0. The van der Waals surface area contributed by atoms with E-state index in [1.54, 1.807) is 0 Å². The Bertz CT molecular complexity index is 1030. The highest BCUT2D eigenvalue weighted by Crippen LogP contribution is 2.71. The number of aliphatic hydroxyl groups is 6. The van der Waals surface area contributed by atoms with Crippen LogP contribution in [-0.2, 0) is 18.9 Å². The Morgan fingerprint density at radius 3 is 2.30 bits per heavy atom. The Labute approximate surface area is 255 Å². The monoisotopic (exact) mass is 610 g/mol. The summed E-state index contributed by atoms with van der Waals surface area (Å²) in [5.41, 5.74) is -0.140. The van der Waals surface area contributed by atoms with Crippen molar-refractivity contribution >= 4 is 0 Å². The van der Waals surface area contributed by atoms with Crippen molar-refractivity contribution in [2.45, 2.75) is 140 Å². The maximum absolute atomic E-state index is 12.0. The van der Waals surface area contributed by atoms with E-state index in [0.29, 0.717) is 43.1 Å². The third-order valence-electron chi connectivity index (χ3n) is 14.1. The average molecular weight is 611 g/mol. The van der Waals surface area contributed by atoms with Gasteiger partial charge in [-0.25, -0.2) is 0 Å². The summed E-state index contributed by atoms with van der Waals surface area (Å²) in [6.07, 6.45) is -1.65. The van der Waals surface area contributed by atoms with E-state index >= 15 is 0 Å². The lowest BCUT2D eigenvalue weighted by molar-refractivity contribution is -0.324. The van der Waals surface area contributed by atoms with Crippen molar-refractivity contribution in [3.8, 4) is 0 Å². The van der Waals surface area contributed by atoms with Crippen LogP contribution in [0.5, 0.6) is 0 Å². The molecule has 43 heavy (non-hydrogen) atoms. The molecule has 7 aliphatic rings. The van der Waals surface area contributed by atoms with Crippen molar-refractivity contribution in [3.63, 3.8) is 0 Å². The van der Waals surface area contributed by atoms with Crippen molar-refractivity contribution < 1.29 is 49.6 Å². The van der Waals surface area contributed by atoms with Gasteiger partial charge in [-0.3, -0.25) is 0 Å². The molecule has 0 aromatic carbocycles. The van der Waals surface area contributed by atoms with E-state index in [9.17, 15) is 30.6 Å². The van der Waals surface area contributed by atoms with Crippen molar-refractivity contribution in [2.75, 3.05) is 13.2 Å². The lowest BCUT2D eigenvalue weighted by Gasteiger charge is -2.62. The lowest BCUT2D eigenvalue weighted by Crippen LogP contribution is -2.62. The first-order valence-electron chi connectivity index (χ1n) is 17.0. The lowest BCUT2D eigenvalue weighted by atomic mass is 9.44. The zero-order chi connectivity index (χ0) is 30.6. The Morgan fingerprint density at radius 1 is 0.837 bits per heavy atom. The number of hydrogen-bond acceptors (Lipinski definition) is 10. The van der Waals surface area contributed by atoms with Crippen LogP contribution in [0.25, 0.3) is 0 Å². The first kappa shape index (κ1) is 31.2. The van der Waals surface area contributed by atoms with Gasteiger partial charge in [-0.05, 0) is 85.4 Å². The standard InChI is InChI=1S/C33H54O10/c1-15-7-10-33(40-14-15)16(2)23-29(43-33)26(37)24-18-6-5-17-11-21(41-30-28(39)27(38)25(36)22(13-34)42-30)20(35)12-32(17,4)19(18)8-9-31(23,24)3/h15-30,34-39H,5-14H2,1-4H3/t15-,16+,17+,18-,19+,20-,21-,22-,23+,24-,25-,26+,27+,28-,29+,30-,31-,32+,33-/m0/s1. The van der Waals surface area contributed by atoms with E-state index in [-0.39, 0.29) is 34.7 Å². The molecule has 4 saturated carbocycles. The number of fused-ring (bicyclic) bond motifs is 7. The second-order valence-corrected chi connectivity index (χ2v) is 16.2. The van der Waals surface area contributed by atoms with Crippen molar-refractivity contribution in [2.24, 2.45) is 52.3 Å². The van der Waals surface area contributed by atoms with Gasteiger partial charge in [0.05, 0.1) is 37.6 Å². The van der Waals surface area contributed by atoms with Crippen molar-refractivity contribution in [1.82, 2.24) is 0 Å². The predicted molar refractivity (Wildman–Crippen MR) is 153 cm³/mol. The Morgan fingerprint density at radius 2 is 1.60 bits per heavy atom. The van der Waals surface area contributed by atoms with Gasteiger partial charge in [-0.2, -0.15) is 0 Å². The molecule has 0 aromatic heterocycles. The highest BCUT2D eigenvalue weighted by Gasteiger charge is 2.72. The van der Waals surface area contributed by atoms with Crippen LogP contribution in [0.4, 0.5) is 0 Å². The molecule has 1 spiro atoms. The van der Waals surface area contributed by atoms with Gasteiger partial charge in [-0.1, -0.05) is 27.7 Å². The molecule has 0 unspecified atom stereocenters. The molecule has 7 fully saturated rings. The summed E-state index contributed by atoms with van der Waals surface area (Å²) in [6, 6.07) is 0. The molecule has 246 valence electrons. The highest BCUT2D eigenvalue weighted by molar-refractivity contribution is 5.18. The molecule has 3 heterocycles. The van der Waals surface area contributed by atoms with Crippen molar-refractivity contribution in [3.05, 3.63) is 0 Å². The fourth-order valence-electron chi connectivity index (χ4n) is 11.8. The molecule has 0 radical (unpaired) electrons. The molecule has 0 amide bonds. The van der Waals surface area contributed by atoms with Crippen LogP contribution < -0.4 is 0 Å². The predicted octanol–water partition coefficient (Wildman–Crippen LogP) is 1.56. The van der Waals surface area contributed by atoms with E-state index in [2.05, 4.69) is 27.7 Å². The van der Waals surface area contributed by atoms with Gasteiger partial charge in [0.25, 0.3) is 0 Å². The summed E-state index contributed by atoms with van der Waals surface area (Å²) in [6.45, 7) is 9.43. The fraction of sp³-hybridized carbons (Fsp3) is 1.00. The maximum atomic E-state index is 12.0. The highest BCUT2D eigenvalue weighted by atomic mass is 16.7. The zero-order valence-electron chi connectivity index (χ0n) is 26.1. The molecule has 19 atom stereocenters. The summed E-state index contributed by atoms with van der Waals surface area (Å²) < 4.78 is 24.9. The summed E-state index contributed by atoms with van der Waals surface area (Å²) in [5.74, 6) is 1.64. The molecule has 0 bridgehead atoms. The van der Waals surface area contributed by atoms with Gasteiger partial charge >= 0.3 is 0 Å². The third kappa shape index (κ3) is 4.49. The Balaban J connectivity index is 1.07. The minimum absolute atomic E-state index is 0.0220. The second kappa shape index (κ2) is 10.8. The first-order valence-corrected chi connectivity index (χ1v) is 17.0. The van der Waals surface area contributed by atoms with Crippen LogP contribution in [0.3, 0.4) is 0 Å². The molecule has 10 heteroatoms. The summed E-state index contributed by atoms with van der Waals surface area (Å²) >= 11 is 0. The van der Waals surface area contributed by atoms with Crippen LogP contribution >= 0.6 is 0 Å². The smallest absolute Gasteiger partial charge is 0.187 e. The number of aliphatic hydroxyl groups excluding tert-OH is 6. The number of hydrogen-bond donors (Lipinski definition) is 6. The van der Waals surface area contributed by atoms with E-state index in [0.717, 1.165) is 38.5 Å². The van der Waals surface area contributed by atoms with Crippen LogP contribution in [0, 0.1) is 52.3 Å². The van der Waals surface area contributed by atoms with Crippen LogP contribution in [0.2, 0.25) is 0 Å². The van der Waals surface area contributed by atoms with Gasteiger partial charge < -0.3 is 49.6 Å². The molecule has 3 aliphatic heterocycles. The summed E-state index contributed by atoms with van der Waals surface area (Å²) in [7, 11) is 0. The normalized spacial score (nSPS) is 61.5. The topological polar surface area (TPSA) is 158 Å². The van der Waals surface area contributed by atoms with Gasteiger partial charge in [0.15, 0.2) is 12.1 Å². The summed E-state index contributed by atoms with van der Waals surface area (Å²) in [5, 5.41) is 63.9. The molecule has 0 aromatic rings. The molecular weight excluding hydrogens is 556 g/mol. The molecule has 7 rings (SSSR count). The third-order valence-corrected chi connectivity index (χ3v) is 14.1. The van der Waals surface area contributed by atoms with E-state index in [1.165, 1.54) is 0 Å². The van der Waals surface area contributed by atoms with Crippen LogP contribution in [-0.4, -0.2) is 105 Å². The van der Waals surface area contributed by atoms with E-state index in [4.69, 9.17) is 18.9 Å². The maximum Gasteiger partial charge on any atom is 0.187 e. The van der Waals surface area contributed by atoms with E-state index in [1.807, 2.05) is 0 Å². The molecule has 4 aliphatic carbocycles. The second-order valence-electron chi connectivity index (χ2n) is 16.2. The van der Waals surface area contributed by atoms with Gasteiger partial charge in [-0.15, -0.1) is 0 Å². The Hall–Kier alpha value is -0.400. The first-order chi connectivity index (χ1) is 20.3. The molecular formula is C33H54O10. The van der Waals surface area contributed by atoms with Crippen LogP contribution in [0.15, 0.2) is 0 Å². The van der Waals surface area contributed by atoms with Gasteiger partial charge in [0.2, 0.25) is 0 Å². The molecule has 6 N–H and O–H groups in total. The number of ether oxygens (including phenoxy) is 4. The van der Waals surface area contributed by atoms with Crippen molar-refractivity contribution in [1.29, 1.82) is 0 Å². The van der Waals surface area contributed by atoms with Crippen LogP contribution in [0.1, 0.15) is 79.1 Å². The van der Waals surface area contributed by atoms with Gasteiger partial charge in [0, 0.05) is 18.3 Å². The molecule has 3 saturated heterocycles. The SMILES string of the molecule is C[C@H]1CC[C@]2(OC1)O[C@H]1[C@H](O)[C@@H]3[C@H]4CC[C@@H]5C[C@H](O[C@H]6O[C@@H](CO)[C@H](O)[C@@H](O)[C@@H]6O)[C@@H](O)C[C@@]5(C)[C@@H]4CC[C@@]3(C)[C@@H]1[C@H]2C. The zero-order valence-corrected chi connectivity index (χ0v) is 26.1.